The van der Waals surface area contributed by atoms with Crippen LogP contribution in [0.2, 0.25) is 0 Å². The van der Waals surface area contributed by atoms with Crippen LogP contribution >= 0.6 is 20.6 Å². The quantitative estimate of drug-likeness (QED) is 0.131. The number of ether oxygens (including phenoxy) is 1. The minimum atomic E-state index is -0.857. The Bertz CT molecular complexity index is 1420. The summed E-state index contributed by atoms with van der Waals surface area (Å²) in [5, 5.41) is 10.9. The van der Waals surface area contributed by atoms with Gasteiger partial charge < -0.3 is 14.6 Å². The highest BCUT2D eigenvalue weighted by Crippen LogP contribution is 2.51. The van der Waals surface area contributed by atoms with Crippen LogP contribution < -0.4 is 15.5 Å². The van der Waals surface area contributed by atoms with Crippen molar-refractivity contribution in [1.82, 2.24) is 20.1 Å². The average Bonchev–Trinajstić information content (AvgIpc) is 3.53. The third-order valence-corrected chi connectivity index (χ3v) is 8.61. The van der Waals surface area contributed by atoms with E-state index in [-0.39, 0.29) is 5.69 Å². The van der Waals surface area contributed by atoms with E-state index in [1.54, 1.807) is 29.1 Å². The smallest absolute Gasteiger partial charge is 0.345 e. The predicted octanol–water partition coefficient (Wildman–Crippen LogP) is 1.95. The molecule has 3 heterocycles. The molecule has 186 valence electrons. The lowest BCUT2D eigenvalue weighted by Crippen LogP contribution is -2.62. The van der Waals surface area contributed by atoms with E-state index in [1.807, 2.05) is 13.8 Å². The molecule has 1 atom stereocenters. The molecule has 1 fully saturated rings. The minimum Gasteiger partial charge on any atom is -0.423 e. The molecule has 2 aliphatic rings. The van der Waals surface area contributed by atoms with E-state index in [2.05, 4.69) is 24.8 Å². The number of hydrogen-bond donors (Lipinski definition) is 1. The number of aryl methyl sites for hydroxylation is 1. The maximum atomic E-state index is 13.5. The number of nitrogens with zero attached hydrogens (tertiary/aromatic N) is 3. The maximum absolute atomic E-state index is 13.5. The average molecular weight is 530 g/mol. The number of amides is 1. The summed E-state index contributed by atoms with van der Waals surface area (Å²) < 4.78 is 7.45. The van der Waals surface area contributed by atoms with Gasteiger partial charge in [0.15, 0.2) is 0 Å². The molecule has 5 rings (SSSR count). The fourth-order valence-electron chi connectivity index (χ4n) is 5.48. The zero-order chi connectivity index (χ0) is 26.7. The van der Waals surface area contributed by atoms with Crippen molar-refractivity contribution in [1.29, 1.82) is 0 Å². The Morgan fingerprint density at radius 2 is 1.92 bits per heavy atom. The van der Waals surface area contributed by atoms with Crippen LogP contribution in [0.25, 0.3) is 0 Å². The van der Waals surface area contributed by atoms with Gasteiger partial charge in [0.25, 0.3) is 11.7 Å². The van der Waals surface area contributed by atoms with Crippen molar-refractivity contribution in [3.63, 3.8) is 0 Å². The summed E-state index contributed by atoms with van der Waals surface area (Å²) in [5.41, 5.74) is 4.72. The van der Waals surface area contributed by atoms with Crippen LogP contribution in [0, 0.1) is 20.8 Å². The normalized spacial score (nSPS) is 22.3. The second kappa shape index (κ2) is 9.21. The van der Waals surface area contributed by atoms with Gasteiger partial charge in [-0.1, -0.05) is 11.0 Å². The van der Waals surface area contributed by atoms with Crippen molar-refractivity contribution >= 4 is 59.4 Å². The molecular formula is C25H25B2N4O4PS. The van der Waals surface area contributed by atoms with Crippen LogP contribution in [-0.4, -0.2) is 53.2 Å². The first kappa shape index (κ1) is 25.9. The largest absolute Gasteiger partial charge is 0.423 e. The van der Waals surface area contributed by atoms with E-state index < -0.39 is 28.3 Å². The number of fused-ring (bicyclic) bond motifs is 1. The molecule has 0 bridgehead atoms. The number of hydrogen-bond acceptors (Lipinski definition) is 7. The van der Waals surface area contributed by atoms with Crippen LogP contribution in [0.5, 0.6) is 5.75 Å². The van der Waals surface area contributed by atoms with Crippen molar-refractivity contribution in [2.24, 2.45) is 0 Å². The SMILES string of the molecule is [B]c1cc(OC(=O)c2c(C)c(C(=O)C(=O)NC3(c4nncs4)CC([B])(P)C3)n3c2CCC3)cc(C)c1C. The molecular weight excluding hydrogens is 505 g/mol. The molecule has 1 aliphatic carbocycles. The number of nitrogens with one attached hydrogen (secondary N) is 1. The van der Waals surface area contributed by atoms with E-state index >= 15 is 0 Å². The van der Waals surface area contributed by atoms with Gasteiger partial charge in [-0.3, -0.25) is 9.59 Å². The third-order valence-electron chi connectivity index (χ3n) is 7.31. The number of esters is 1. The summed E-state index contributed by atoms with van der Waals surface area (Å²) in [6.45, 7) is 6.00. The number of ketones is 1. The number of rotatable bonds is 6. The highest BCUT2D eigenvalue weighted by molar-refractivity contribution is 7.22. The van der Waals surface area contributed by atoms with E-state index in [4.69, 9.17) is 20.4 Å². The summed E-state index contributed by atoms with van der Waals surface area (Å²) in [6, 6.07) is 3.37. The van der Waals surface area contributed by atoms with Gasteiger partial charge in [0, 0.05) is 12.2 Å². The molecule has 8 nitrogen and oxygen atoms in total. The topological polar surface area (TPSA) is 103 Å². The van der Waals surface area contributed by atoms with Gasteiger partial charge in [-0.2, -0.15) is 0 Å². The Morgan fingerprint density at radius 3 is 2.54 bits per heavy atom. The van der Waals surface area contributed by atoms with Crippen molar-refractivity contribution < 1.29 is 19.1 Å². The Hall–Kier alpha value is -2.77. The molecule has 0 spiro atoms. The molecule has 12 heteroatoms. The summed E-state index contributed by atoms with van der Waals surface area (Å²) in [5.74, 6) is -1.73. The molecule has 1 aromatic carbocycles. The van der Waals surface area contributed by atoms with E-state index in [1.165, 1.54) is 11.3 Å². The molecule has 2 aromatic heterocycles. The van der Waals surface area contributed by atoms with Crippen LogP contribution in [0.1, 0.15) is 67.5 Å². The molecule has 3 aromatic rings. The van der Waals surface area contributed by atoms with Gasteiger partial charge in [-0.25, -0.2) is 4.79 Å². The minimum absolute atomic E-state index is 0.202. The van der Waals surface area contributed by atoms with Gasteiger partial charge in [0.1, 0.15) is 24.1 Å². The highest BCUT2D eigenvalue weighted by Gasteiger charge is 2.53. The standard InChI is InChI=1S/C25H25B2N4O4PS/c1-12-7-15(8-16(26)13(12)2)35-22(34)18-14(3)19(31-6-4-5-17(18)31)20(32)21(33)29-24(9-25(27,36)10-24)23-30-28-11-37-23/h7-8,11H,4-6,9-10,36H2,1-3H3,(H,29,33). The first-order valence-electron chi connectivity index (χ1n) is 11.9. The number of benzene rings is 1. The molecule has 37 heavy (non-hydrogen) atoms. The van der Waals surface area contributed by atoms with Crippen LogP contribution in [-0.2, 0) is 23.3 Å². The fraction of sp³-hybridized carbons (Fsp3) is 0.400. The first-order valence-corrected chi connectivity index (χ1v) is 13.4. The molecule has 1 aliphatic heterocycles. The second-order valence-electron chi connectivity index (χ2n) is 10.1. The molecule has 1 amide bonds. The van der Waals surface area contributed by atoms with E-state index in [9.17, 15) is 14.4 Å². The fourth-order valence-corrected chi connectivity index (χ4v) is 6.89. The number of carbonyl (C=O) groups excluding carboxylic acids is 3. The number of carbonyl (C=O) groups is 3. The summed E-state index contributed by atoms with van der Waals surface area (Å²) in [4.78, 5) is 40.1. The zero-order valence-electron chi connectivity index (χ0n) is 20.9. The van der Waals surface area contributed by atoms with Gasteiger partial charge in [0.05, 0.1) is 24.6 Å². The van der Waals surface area contributed by atoms with E-state index in [0.717, 1.165) is 17.5 Å². The van der Waals surface area contributed by atoms with Crippen LogP contribution in [0.15, 0.2) is 17.6 Å². The van der Waals surface area contributed by atoms with E-state index in [0.29, 0.717) is 58.8 Å². The van der Waals surface area contributed by atoms with Crippen molar-refractivity contribution in [2.75, 3.05) is 0 Å². The monoisotopic (exact) mass is 530 g/mol. The Labute approximate surface area is 224 Å². The van der Waals surface area contributed by atoms with Gasteiger partial charge in [-0.15, -0.1) is 30.8 Å². The van der Waals surface area contributed by atoms with Crippen molar-refractivity contribution in [2.45, 2.75) is 63.6 Å². The van der Waals surface area contributed by atoms with Crippen molar-refractivity contribution in [3.8, 4) is 5.75 Å². The third kappa shape index (κ3) is 4.46. The Kier molecular flexibility index (Phi) is 6.44. The molecule has 1 unspecified atom stereocenters. The van der Waals surface area contributed by atoms with Gasteiger partial charge in [0.2, 0.25) is 0 Å². The Morgan fingerprint density at radius 1 is 1.19 bits per heavy atom. The van der Waals surface area contributed by atoms with Gasteiger partial charge in [-0.05, 0) is 74.8 Å². The van der Waals surface area contributed by atoms with Gasteiger partial charge >= 0.3 is 5.97 Å². The summed E-state index contributed by atoms with van der Waals surface area (Å²) in [6.07, 6.45) is 2.17. The lowest BCUT2D eigenvalue weighted by molar-refractivity contribution is -0.120. The molecule has 0 saturated heterocycles. The predicted molar refractivity (Wildman–Crippen MR) is 145 cm³/mol. The second-order valence-corrected chi connectivity index (χ2v) is 12.1. The summed E-state index contributed by atoms with van der Waals surface area (Å²) >= 11 is 1.30. The molecule has 1 N–H and O–H groups in total. The maximum Gasteiger partial charge on any atom is 0.345 e. The lowest BCUT2D eigenvalue weighted by atomic mass is 9.58. The number of Topliss-reactive ketones (excluding diaryl/α,β-unsaturated/α-hetero) is 1. The van der Waals surface area contributed by atoms with Crippen molar-refractivity contribution in [3.05, 3.63) is 56.3 Å². The first-order chi connectivity index (χ1) is 17.4. The molecule has 1 saturated carbocycles. The summed E-state index contributed by atoms with van der Waals surface area (Å²) in [7, 11) is 14.8. The zero-order valence-corrected chi connectivity index (χ0v) is 22.9. The number of aromatic nitrogens is 3. The van der Waals surface area contributed by atoms with Crippen LogP contribution in [0.3, 0.4) is 0 Å². The lowest BCUT2D eigenvalue weighted by Gasteiger charge is -2.52. The Balaban J connectivity index is 1.44. The van der Waals surface area contributed by atoms with Crippen LogP contribution in [0.4, 0.5) is 0 Å². The molecule has 4 radical (unpaired) electrons. The highest BCUT2D eigenvalue weighted by atomic mass is 32.1.